The highest BCUT2D eigenvalue weighted by Gasteiger charge is 2.16. The smallest absolute Gasteiger partial charge is 0.161 e. The normalized spacial score (nSPS) is 11.1. The Hall–Kier alpha value is -2.36. The third-order valence-corrected chi connectivity index (χ3v) is 6.96. The van der Waals surface area contributed by atoms with E-state index in [0.717, 1.165) is 75.1 Å². The molecule has 0 saturated heterocycles. The van der Waals surface area contributed by atoms with Gasteiger partial charge in [-0.25, -0.2) is 0 Å². The van der Waals surface area contributed by atoms with Gasteiger partial charge in [-0.2, -0.15) is 0 Å². The van der Waals surface area contributed by atoms with E-state index in [9.17, 15) is 0 Å². The molecule has 0 atom stereocenters. The molecule has 0 aromatic heterocycles. The Morgan fingerprint density at radius 1 is 0.447 bits per heavy atom. The van der Waals surface area contributed by atoms with E-state index in [1.165, 1.54) is 62.5 Å². The molecule has 4 heteroatoms. The minimum atomic E-state index is 0.189. The van der Waals surface area contributed by atoms with Crippen molar-refractivity contribution in [2.75, 3.05) is 26.4 Å². The molecule has 0 unspecified atom stereocenters. The molecule has 0 aliphatic rings. The molecule has 2 aromatic carbocycles. The topological polar surface area (TPSA) is 36.9 Å². The van der Waals surface area contributed by atoms with E-state index in [1.807, 2.05) is 0 Å². The van der Waals surface area contributed by atoms with E-state index in [1.54, 1.807) is 0 Å². The van der Waals surface area contributed by atoms with Gasteiger partial charge in [0.1, 0.15) is 0 Å². The van der Waals surface area contributed by atoms with E-state index in [-0.39, 0.29) is 5.92 Å². The van der Waals surface area contributed by atoms with Crippen LogP contribution in [-0.2, 0) is 0 Å². The van der Waals surface area contributed by atoms with Gasteiger partial charge in [0.15, 0.2) is 23.0 Å². The van der Waals surface area contributed by atoms with E-state index >= 15 is 0 Å². The first kappa shape index (κ1) is 31.9. The lowest BCUT2D eigenvalue weighted by Gasteiger charge is -2.19. The van der Waals surface area contributed by atoms with Crippen LogP contribution in [-0.4, -0.2) is 26.4 Å². The van der Waals surface area contributed by atoms with Crippen molar-refractivity contribution in [2.45, 2.75) is 118 Å². The first-order valence-corrected chi connectivity index (χ1v) is 15.4. The van der Waals surface area contributed by atoms with Gasteiger partial charge >= 0.3 is 0 Å². The maximum atomic E-state index is 6.24. The van der Waals surface area contributed by atoms with Crippen molar-refractivity contribution in [1.29, 1.82) is 0 Å². The first-order chi connectivity index (χ1) is 18.6. The highest BCUT2D eigenvalue weighted by molar-refractivity contribution is 5.49. The molecule has 0 heterocycles. The minimum absolute atomic E-state index is 0.189. The lowest BCUT2D eigenvalue weighted by Crippen LogP contribution is -2.06. The highest BCUT2D eigenvalue weighted by Crippen LogP contribution is 2.37. The van der Waals surface area contributed by atoms with Gasteiger partial charge in [-0.05, 0) is 61.1 Å². The maximum absolute atomic E-state index is 6.24. The van der Waals surface area contributed by atoms with Gasteiger partial charge in [-0.15, -0.1) is 0 Å². The maximum Gasteiger partial charge on any atom is 0.161 e. The summed E-state index contributed by atoms with van der Waals surface area (Å²) in [6, 6.07) is 12.9. The number of ether oxygens (including phenoxy) is 4. The second-order valence-corrected chi connectivity index (χ2v) is 10.4. The average Bonchev–Trinajstić information content (AvgIpc) is 2.94. The van der Waals surface area contributed by atoms with Crippen molar-refractivity contribution in [3.63, 3.8) is 0 Å². The largest absolute Gasteiger partial charge is 0.490 e. The molecule has 0 spiro atoms. The monoisotopic (exact) mass is 526 g/mol. The summed E-state index contributed by atoms with van der Waals surface area (Å²) in [6.07, 6.45) is 13.7. The summed E-state index contributed by atoms with van der Waals surface area (Å²) in [6.45, 7) is 14.0. The molecule has 0 aliphatic carbocycles. The molecule has 4 nitrogen and oxygen atoms in total. The van der Waals surface area contributed by atoms with E-state index in [0.29, 0.717) is 0 Å². The average molecular weight is 527 g/mol. The standard InChI is InChI=1S/C34H54O4/c1-6-10-14-22-35-31-20-18-29(26-33(31)37-24-16-12-8-3)28(5)30-19-21-32(36-23-15-11-7-2)34(27-30)38-25-17-13-9-4/h18-21,26-28H,6-17,22-25H2,1-5H3. The third kappa shape index (κ3) is 11.6. The fourth-order valence-corrected chi connectivity index (χ4v) is 4.38. The summed E-state index contributed by atoms with van der Waals surface area (Å²) in [7, 11) is 0. The second kappa shape index (κ2) is 19.7. The fraction of sp³-hybridized carbons (Fsp3) is 0.647. The molecule has 0 amide bonds. The molecule has 2 rings (SSSR count). The number of rotatable bonds is 22. The minimum Gasteiger partial charge on any atom is -0.490 e. The van der Waals surface area contributed by atoms with Crippen LogP contribution in [0, 0.1) is 0 Å². The Morgan fingerprint density at radius 3 is 1.08 bits per heavy atom. The van der Waals surface area contributed by atoms with Gasteiger partial charge in [0.2, 0.25) is 0 Å². The number of unbranched alkanes of at least 4 members (excludes halogenated alkanes) is 8. The molecule has 2 aromatic rings. The predicted molar refractivity (Wildman–Crippen MR) is 160 cm³/mol. The predicted octanol–water partition coefficient (Wildman–Crippen LogP) is 10.1. The molecule has 0 aliphatic heterocycles. The van der Waals surface area contributed by atoms with Crippen LogP contribution < -0.4 is 18.9 Å². The molecule has 214 valence electrons. The molecule has 0 N–H and O–H groups in total. The number of hydrogen-bond acceptors (Lipinski definition) is 4. The van der Waals surface area contributed by atoms with Crippen LogP contribution in [0.15, 0.2) is 36.4 Å². The molecule has 0 saturated carbocycles. The van der Waals surface area contributed by atoms with E-state index in [2.05, 4.69) is 71.0 Å². The van der Waals surface area contributed by atoms with Crippen LogP contribution in [0.2, 0.25) is 0 Å². The first-order valence-electron chi connectivity index (χ1n) is 15.4. The fourth-order valence-electron chi connectivity index (χ4n) is 4.38. The summed E-state index contributed by atoms with van der Waals surface area (Å²) in [5.74, 6) is 3.60. The van der Waals surface area contributed by atoms with Crippen LogP contribution >= 0.6 is 0 Å². The van der Waals surface area contributed by atoms with Crippen molar-refractivity contribution in [3.05, 3.63) is 47.5 Å². The van der Waals surface area contributed by atoms with Crippen LogP contribution in [0.1, 0.15) is 129 Å². The molecule has 38 heavy (non-hydrogen) atoms. The molecular formula is C34H54O4. The quantitative estimate of drug-likeness (QED) is 0.143. The summed E-state index contributed by atoms with van der Waals surface area (Å²) in [5.41, 5.74) is 2.43. The van der Waals surface area contributed by atoms with Crippen LogP contribution in [0.3, 0.4) is 0 Å². The van der Waals surface area contributed by atoms with Crippen molar-refractivity contribution >= 4 is 0 Å². The molecule has 0 bridgehead atoms. The summed E-state index contributed by atoms with van der Waals surface area (Å²) < 4.78 is 24.7. The van der Waals surface area contributed by atoms with Gasteiger partial charge in [-0.1, -0.05) is 98.1 Å². The van der Waals surface area contributed by atoms with Crippen LogP contribution in [0.4, 0.5) is 0 Å². The van der Waals surface area contributed by atoms with Crippen molar-refractivity contribution in [2.24, 2.45) is 0 Å². The second-order valence-electron chi connectivity index (χ2n) is 10.4. The number of benzene rings is 2. The zero-order chi connectivity index (χ0) is 27.4. The Morgan fingerprint density at radius 2 is 0.763 bits per heavy atom. The lowest BCUT2D eigenvalue weighted by atomic mass is 9.92. The molecule has 0 fully saturated rings. The van der Waals surface area contributed by atoms with Gasteiger partial charge in [0.05, 0.1) is 26.4 Å². The van der Waals surface area contributed by atoms with E-state index < -0.39 is 0 Å². The van der Waals surface area contributed by atoms with Gasteiger partial charge < -0.3 is 18.9 Å². The zero-order valence-electron chi connectivity index (χ0n) is 25.0. The van der Waals surface area contributed by atoms with Crippen LogP contribution in [0.5, 0.6) is 23.0 Å². The van der Waals surface area contributed by atoms with Gasteiger partial charge in [0.25, 0.3) is 0 Å². The Kier molecular flexibility index (Phi) is 16.5. The SMILES string of the molecule is CCCCCOc1ccc(C(C)c2ccc(OCCCCC)c(OCCCCC)c2)cc1OCCCCC. The summed E-state index contributed by atoms with van der Waals surface area (Å²) in [4.78, 5) is 0. The van der Waals surface area contributed by atoms with E-state index in [4.69, 9.17) is 18.9 Å². The number of hydrogen-bond donors (Lipinski definition) is 0. The molecular weight excluding hydrogens is 472 g/mol. The summed E-state index contributed by atoms with van der Waals surface area (Å²) >= 11 is 0. The Labute approximate surface area is 233 Å². The zero-order valence-corrected chi connectivity index (χ0v) is 25.0. The lowest BCUT2D eigenvalue weighted by molar-refractivity contribution is 0.259. The Balaban J connectivity index is 2.21. The van der Waals surface area contributed by atoms with Crippen molar-refractivity contribution < 1.29 is 18.9 Å². The van der Waals surface area contributed by atoms with Crippen molar-refractivity contribution in [1.82, 2.24) is 0 Å². The molecule has 0 radical (unpaired) electrons. The highest BCUT2D eigenvalue weighted by atomic mass is 16.5. The summed E-state index contributed by atoms with van der Waals surface area (Å²) in [5, 5.41) is 0. The third-order valence-electron chi connectivity index (χ3n) is 6.96. The van der Waals surface area contributed by atoms with Gasteiger partial charge in [-0.3, -0.25) is 0 Å². The Bertz CT molecular complexity index is 807. The van der Waals surface area contributed by atoms with Crippen molar-refractivity contribution in [3.8, 4) is 23.0 Å². The van der Waals surface area contributed by atoms with Crippen LogP contribution in [0.25, 0.3) is 0 Å². The van der Waals surface area contributed by atoms with Gasteiger partial charge in [0, 0.05) is 5.92 Å².